The standard InChI is InChI=1S/C46H54N12O4/c1-30-43(31(2)48-28-47-30)37-25-34(51-45(59)39-15-19-54(5)53-39)9-11-41(37)62-24-22-57-20-14-36(27-57)58-29-49-32(3)44(33(58)4)38-26-35(52-46(60)40-13-16-50-55(40)6)10-12-42(38)61-23-21-56-17-7-8-18-56/h9-13,15-16,19,25-26,28-29,36H,7-8,14,17-18,20-24,27H2,1-6H3,(H-,51,52,59,60)/p+1. The number of hydrogen-bond donors (Lipinski definition) is 2. The minimum absolute atomic E-state index is 0.193. The van der Waals surface area contributed by atoms with Crippen LogP contribution in [0.5, 0.6) is 11.5 Å². The molecule has 1 unspecified atom stereocenters. The van der Waals surface area contributed by atoms with E-state index in [-0.39, 0.29) is 17.9 Å². The van der Waals surface area contributed by atoms with Gasteiger partial charge in [-0.3, -0.25) is 28.8 Å². The molecule has 2 aromatic carbocycles. The van der Waals surface area contributed by atoms with E-state index >= 15 is 0 Å². The van der Waals surface area contributed by atoms with Gasteiger partial charge in [-0.25, -0.2) is 14.5 Å². The van der Waals surface area contributed by atoms with Crippen molar-refractivity contribution < 1.29 is 23.6 Å². The first-order valence-electron chi connectivity index (χ1n) is 21.3. The van der Waals surface area contributed by atoms with Gasteiger partial charge in [-0.05, 0) is 95.2 Å². The molecule has 2 N–H and O–H groups in total. The lowest BCUT2D eigenvalue weighted by Crippen LogP contribution is -2.45. The molecule has 62 heavy (non-hydrogen) atoms. The Labute approximate surface area is 361 Å². The van der Waals surface area contributed by atoms with E-state index in [0.29, 0.717) is 41.7 Å². The fraction of sp³-hybridized carbons (Fsp3) is 0.391. The monoisotopic (exact) mass is 839 g/mol. The molecule has 4 aromatic heterocycles. The van der Waals surface area contributed by atoms with Crippen LogP contribution in [0.3, 0.4) is 0 Å². The van der Waals surface area contributed by atoms with Gasteiger partial charge in [0.15, 0.2) is 11.4 Å². The Bertz CT molecular complexity index is 2560. The van der Waals surface area contributed by atoms with Gasteiger partial charge in [-0.15, -0.1) is 0 Å². The number of hydrogen-bond acceptors (Lipinski definition) is 11. The van der Waals surface area contributed by atoms with Crippen LogP contribution in [0.4, 0.5) is 11.4 Å². The van der Waals surface area contributed by atoms with E-state index in [4.69, 9.17) is 14.5 Å². The van der Waals surface area contributed by atoms with Crippen molar-refractivity contribution in [1.82, 2.24) is 44.3 Å². The maximum absolute atomic E-state index is 13.2. The lowest BCUT2D eigenvalue weighted by Gasteiger charge is -2.20. The second-order valence-electron chi connectivity index (χ2n) is 16.2. The van der Waals surface area contributed by atoms with Gasteiger partial charge in [0, 0.05) is 105 Å². The first-order valence-corrected chi connectivity index (χ1v) is 21.3. The Morgan fingerprint density at radius 3 is 2.02 bits per heavy atom. The third-order valence-corrected chi connectivity index (χ3v) is 11.9. The van der Waals surface area contributed by atoms with Gasteiger partial charge in [0.25, 0.3) is 18.1 Å². The summed E-state index contributed by atoms with van der Waals surface area (Å²) in [6, 6.07) is 15.1. The second-order valence-corrected chi connectivity index (χ2v) is 16.2. The fourth-order valence-electron chi connectivity index (χ4n) is 8.63. The van der Waals surface area contributed by atoms with Crippen molar-refractivity contribution in [1.29, 1.82) is 0 Å². The topological polar surface area (TPSA) is 161 Å². The summed E-state index contributed by atoms with van der Waals surface area (Å²) in [5.74, 6) is 0.915. The van der Waals surface area contributed by atoms with Gasteiger partial charge >= 0.3 is 0 Å². The second kappa shape index (κ2) is 18.6. The van der Waals surface area contributed by atoms with Crippen LogP contribution in [0.2, 0.25) is 0 Å². The Balaban J connectivity index is 0.984. The first-order chi connectivity index (χ1) is 30.0. The van der Waals surface area contributed by atoms with Gasteiger partial charge in [0.1, 0.15) is 48.5 Å². The quantitative estimate of drug-likeness (QED) is 0.126. The van der Waals surface area contributed by atoms with Gasteiger partial charge in [-0.2, -0.15) is 10.2 Å². The predicted octanol–water partition coefficient (Wildman–Crippen LogP) is 5.50. The van der Waals surface area contributed by atoms with E-state index in [2.05, 4.69) is 52.1 Å². The van der Waals surface area contributed by atoms with Gasteiger partial charge < -0.3 is 20.1 Å². The summed E-state index contributed by atoms with van der Waals surface area (Å²) in [4.78, 5) is 44.9. The zero-order valence-corrected chi connectivity index (χ0v) is 36.4. The molecule has 2 saturated heterocycles. The first kappa shape index (κ1) is 42.2. The molecule has 6 aromatic rings. The molecule has 0 spiro atoms. The Morgan fingerprint density at radius 2 is 1.39 bits per heavy atom. The maximum Gasteiger partial charge on any atom is 0.286 e. The number of ether oxygens (including phenoxy) is 2. The Hall–Kier alpha value is -6.52. The maximum atomic E-state index is 13.2. The number of carbonyl (C=O) groups excluding carboxylic acids is 2. The van der Waals surface area contributed by atoms with Crippen LogP contribution in [0, 0.1) is 27.7 Å². The highest BCUT2D eigenvalue weighted by molar-refractivity contribution is 6.04. The zero-order chi connectivity index (χ0) is 43.3. The number of aryl methyl sites for hydroxylation is 5. The molecule has 0 radical (unpaired) electrons. The number of amides is 2. The highest BCUT2D eigenvalue weighted by atomic mass is 16.5. The van der Waals surface area contributed by atoms with Crippen molar-refractivity contribution in [3.63, 3.8) is 0 Å². The van der Waals surface area contributed by atoms with Gasteiger partial charge in [0.2, 0.25) is 0 Å². The molecule has 1 atom stereocenters. The minimum Gasteiger partial charge on any atom is -0.492 e. The van der Waals surface area contributed by atoms with Crippen LogP contribution in [0.15, 0.2) is 73.6 Å². The molecule has 2 amide bonds. The van der Waals surface area contributed by atoms with Crippen molar-refractivity contribution in [2.24, 2.45) is 14.1 Å². The molecule has 16 heteroatoms. The van der Waals surface area contributed by atoms with Crippen LogP contribution in [0.1, 0.15) is 69.1 Å². The van der Waals surface area contributed by atoms with Crippen LogP contribution in [0.25, 0.3) is 22.3 Å². The molecule has 0 bridgehead atoms. The smallest absolute Gasteiger partial charge is 0.286 e. The van der Waals surface area contributed by atoms with E-state index < -0.39 is 0 Å². The number of rotatable bonds is 15. The van der Waals surface area contributed by atoms with Crippen molar-refractivity contribution in [3.05, 3.63) is 108 Å². The average molecular weight is 840 g/mol. The molecule has 322 valence electrons. The number of likely N-dealkylation sites (tertiary alicyclic amines) is 2. The van der Waals surface area contributed by atoms with E-state index in [0.717, 1.165) is 96.5 Å². The molecular weight excluding hydrogens is 785 g/mol. The third kappa shape index (κ3) is 9.35. The van der Waals surface area contributed by atoms with E-state index in [9.17, 15) is 9.59 Å². The summed E-state index contributed by atoms with van der Waals surface area (Å²) < 4.78 is 18.5. The molecule has 2 aliphatic rings. The Kier molecular flexibility index (Phi) is 12.7. The number of carbonyl (C=O) groups is 2. The van der Waals surface area contributed by atoms with Crippen LogP contribution in [-0.2, 0) is 14.1 Å². The van der Waals surface area contributed by atoms with E-state index in [1.807, 2.05) is 63.5 Å². The molecular formula is C46H55N12O4+. The van der Waals surface area contributed by atoms with E-state index in [1.54, 1.807) is 54.3 Å². The average Bonchev–Trinajstić information content (AvgIpc) is 4.09. The van der Waals surface area contributed by atoms with Gasteiger partial charge in [-0.1, -0.05) is 4.98 Å². The summed E-state index contributed by atoms with van der Waals surface area (Å²) in [5.41, 5.74) is 9.24. The number of nitrogens with zero attached hydrogens (tertiary/aromatic N) is 10. The molecule has 6 heterocycles. The predicted molar refractivity (Wildman–Crippen MR) is 235 cm³/mol. The van der Waals surface area contributed by atoms with Crippen LogP contribution >= 0.6 is 0 Å². The van der Waals surface area contributed by atoms with Crippen LogP contribution < -0.4 is 24.7 Å². The lowest BCUT2D eigenvalue weighted by atomic mass is 10.00. The normalized spacial score (nSPS) is 15.5. The molecule has 2 fully saturated rings. The summed E-state index contributed by atoms with van der Waals surface area (Å²) >= 11 is 0. The molecule has 2 aliphatic heterocycles. The van der Waals surface area contributed by atoms with Crippen molar-refractivity contribution >= 4 is 23.2 Å². The molecule has 8 rings (SSSR count). The number of anilines is 2. The molecule has 16 nitrogen and oxygen atoms in total. The number of aromatic nitrogens is 8. The largest absolute Gasteiger partial charge is 0.492 e. The fourth-order valence-corrected chi connectivity index (χ4v) is 8.63. The van der Waals surface area contributed by atoms with Crippen molar-refractivity contribution in [3.8, 4) is 33.8 Å². The Morgan fingerprint density at radius 1 is 0.758 bits per heavy atom. The van der Waals surface area contributed by atoms with Crippen molar-refractivity contribution in [2.45, 2.75) is 53.0 Å². The summed E-state index contributed by atoms with van der Waals surface area (Å²) in [6.45, 7) is 14.6. The van der Waals surface area contributed by atoms with Crippen LogP contribution in [-0.4, -0.2) is 109 Å². The minimum atomic E-state index is -0.295. The number of nitrogens with one attached hydrogen (secondary N) is 2. The number of benzene rings is 2. The highest BCUT2D eigenvalue weighted by Gasteiger charge is 2.31. The van der Waals surface area contributed by atoms with Gasteiger partial charge in [0.05, 0.1) is 5.56 Å². The van der Waals surface area contributed by atoms with Crippen molar-refractivity contribution in [2.75, 3.05) is 63.1 Å². The zero-order valence-electron chi connectivity index (χ0n) is 36.4. The third-order valence-electron chi connectivity index (χ3n) is 11.9. The summed E-state index contributed by atoms with van der Waals surface area (Å²) in [5, 5.41) is 14.4. The summed E-state index contributed by atoms with van der Waals surface area (Å²) in [7, 11) is 3.53. The SMILES string of the molecule is Cc1ncnc(C)c1-c1cc(NC(=O)c2ccn(C)n2)ccc1OCCN1CCC([n+]2cnc(C)c(-c3cc(NC(=O)c4ccnn4C)ccc3OCCN3CCCC3)c2C)C1. The molecule has 0 aliphatic carbocycles. The molecule has 0 saturated carbocycles. The lowest BCUT2D eigenvalue weighted by molar-refractivity contribution is -0.727. The highest BCUT2D eigenvalue weighted by Crippen LogP contribution is 2.38. The summed E-state index contributed by atoms with van der Waals surface area (Å²) in [6.07, 6.45) is 10.3. The van der Waals surface area contributed by atoms with E-state index in [1.165, 1.54) is 12.8 Å².